The van der Waals surface area contributed by atoms with Crippen LogP contribution in [0.1, 0.15) is 28.8 Å². The highest BCUT2D eigenvalue weighted by Gasteiger charge is 2.48. The Hall–Kier alpha value is -2.77. The van der Waals surface area contributed by atoms with Crippen LogP contribution in [0.3, 0.4) is 0 Å². The Morgan fingerprint density at radius 2 is 2.08 bits per heavy atom. The van der Waals surface area contributed by atoms with Crippen molar-refractivity contribution >= 4 is 11.6 Å². The lowest BCUT2D eigenvalue weighted by molar-refractivity contribution is -0.0341. The summed E-state index contributed by atoms with van der Waals surface area (Å²) in [5.41, 5.74) is 18.0. The lowest BCUT2D eigenvalue weighted by atomic mass is 9.77. The Balaban J connectivity index is 1.86. The van der Waals surface area contributed by atoms with E-state index in [0.717, 1.165) is 12.8 Å². The van der Waals surface area contributed by atoms with Crippen LogP contribution in [0.25, 0.3) is 20.9 Å². The van der Waals surface area contributed by atoms with Crippen LogP contribution < -0.4 is 0 Å². The van der Waals surface area contributed by atoms with Crippen molar-refractivity contribution in [1.29, 1.82) is 0 Å². The number of carbonyl (C=O) groups excluding carboxylic acids is 1. The van der Waals surface area contributed by atoms with Gasteiger partial charge < -0.3 is 14.7 Å². The summed E-state index contributed by atoms with van der Waals surface area (Å²) < 4.78 is 5.38. The van der Waals surface area contributed by atoms with E-state index in [1.807, 2.05) is 0 Å². The van der Waals surface area contributed by atoms with Crippen molar-refractivity contribution in [2.24, 2.45) is 15.6 Å². The number of aliphatic hydroxyl groups is 1. The third-order valence-electron chi connectivity index (χ3n) is 5.08. The van der Waals surface area contributed by atoms with Crippen molar-refractivity contribution in [3.63, 3.8) is 0 Å². The number of nitrogens with zero attached hydrogens (tertiary/aromatic N) is 7. The Morgan fingerprint density at radius 1 is 1.31 bits per heavy atom. The van der Waals surface area contributed by atoms with Crippen LogP contribution in [0.5, 0.6) is 0 Å². The predicted molar refractivity (Wildman–Crippen MR) is 92.5 cm³/mol. The van der Waals surface area contributed by atoms with Crippen LogP contribution in [0.4, 0.5) is 5.69 Å². The Morgan fingerprint density at radius 3 is 2.77 bits per heavy atom. The Kier molecular flexibility index (Phi) is 5.29. The van der Waals surface area contributed by atoms with Crippen molar-refractivity contribution in [1.82, 2.24) is 4.90 Å². The van der Waals surface area contributed by atoms with E-state index in [4.69, 9.17) is 15.8 Å². The van der Waals surface area contributed by atoms with Crippen LogP contribution in [0, 0.1) is 5.41 Å². The summed E-state index contributed by atoms with van der Waals surface area (Å²) in [5, 5.41) is 17.6. The number of amides is 1. The number of benzene rings is 1. The molecule has 10 heteroatoms. The van der Waals surface area contributed by atoms with Gasteiger partial charge in [0.2, 0.25) is 0 Å². The van der Waals surface area contributed by atoms with Gasteiger partial charge in [-0.1, -0.05) is 10.2 Å². The van der Waals surface area contributed by atoms with Crippen LogP contribution in [0.2, 0.25) is 0 Å². The molecule has 0 radical (unpaired) electrons. The quantitative estimate of drug-likeness (QED) is 0.501. The zero-order valence-electron chi connectivity index (χ0n) is 14.2. The molecule has 1 amide bonds. The number of rotatable bonds is 4. The number of hydrogen-bond donors (Lipinski definition) is 1. The molecule has 26 heavy (non-hydrogen) atoms. The lowest BCUT2D eigenvalue weighted by Gasteiger charge is -2.35. The number of aliphatic hydroxyl groups excluding tert-OH is 1. The van der Waals surface area contributed by atoms with E-state index >= 15 is 0 Å². The van der Waals surface area contributed by atoms with Crippen LogP contribution in [-0.2, 0) is 11.3 Å². The zero-order chi connectivity index (χ0) is 18.6. The number of hydrogen-bond acceptors (Lipinski definition) is 5. The first kappa shape index (κ1) is 18.0. The molecule has 2 heterocycles. The molecule has 1 unspecified atom stereocenters. The fraction of sp³-hybridized carbons (Fsp3) is 0.562. The Labute approximate surface area is 149 Å². The normalized spacial score (nSPS) is 21.1. The smallest absolute Gasteiger partial charge is 0.253 e. The molecule has 0 aromatic heterocycles. The van der Waals surface area contributed by atoms with Crippen molar-refractivity contribution in [2.45, 2.75) is 25.5 Å². The van der Waals surface area contributed by atoms with E-state index in [-0.39, 0.29) is 30.1 Å². The van der Waals surface area contributed by atoms with Gasteiger partial charge in [-0.05, 0) is 47.7 Å². The number of ether oxygens (including phenoxy) is 1. The van der Waals surface area contributed by atoms with Gasteiger partial charge in [-0.3, -0.25) is 4.79 Å². The first-order valence-corrected chi connectivity index (χ1v) is 8.33. The lowest BCUT2D eigenvalue weighted by Crippen LogP contribution is -2.40. The summed E-state index contributed by atoms with van der Waals surface area (Å²) in [6.07, 6.45) is 0.857. The highest BCUT2D eigenvalue weighted by atomic mass is 16.5. The van der Waals surface area contributed by atoms with E-state index in [2.05, 4.69) is 20.1 Å². The topological polar surface area (TPSA) is 147 Å². The minimum Gasteiger partial charge on any atom is -0.391 e. The standard InChI is InChI=1S/C16H19N7O3/c17-21-19-8-11-5-12(7-13(6-11)20-22-18)15(25)23-9-14(24)16(10-23)1-3-26-4-2-16/h5-7,14,24H,1-4,8-10H2. The van der Waals surface area contributed by atoms with Gasteiger partial charge in [0.25, 0.3) is 5.91 Å². The maximum Gasteiger partial charge on any atom is 0.253 e. The fourth-order valence-electron chi connectivity index (χ4n) is 3.67. The number of azide groups is 2. The summed E-state index contributed by atoms with van der Waals surface area (Å²) in [6.45, 7) is 1.95. The van der Waals surface area contributed by atoms with E-state index in [0.29, 0.717) is 30.9 Å². The zero-order valence-corrected chi connectivity index (χ0v) is 14.2. The van der Waals surface area contributed by atoms with Gasteiger partial charge in [0.15, 0.2) is 0 Å². The van der Waals surface area contributed by atoms with E-state index < -0.39 is 6.10 Å². The van der Waals surface area contributed by atoms with Crippen molar-refractivity contribution in [3.05, 3.63) is 50.2 Å². The summed E-state index contributed by atoms with van der Waals surface area (Å²) >= 11 is 0. The third-order valence-corrected chi connectivity index (χ3v) is 5.08. The van der Waals surface area contributed by atoms with Crippen molar-refractivity contribution in [2.75, 3.05) is 26.3 Å². The second-order valence-electron chi connectivity index (χ2n) is 6.64. The Bertz CT molecular complexity index is 793. The second kappa shape index (κ2) is 7.63. The summed E-state index contributed by atoms with van der Waals surface area (Å²) in [7, 11) is 0. The fourth-order valence-corrected chi connectivity index (χ4v) is 3.67. The maximum atomic E-state index is 12.9. The third kappa shape index (κ3) is 3.58. The van der Waals surface area contributed by atoms with E-state index in [1.54, 1.807) is 17.0 Å². The molecule has 3 rings (SSSR count). The van der Waals surface area contributed by atoms with Gasteiger partial charge in [0.1, 0.15) is 0 Å². The van der Waals surface area contributed by atoms with E-state index in [9.17, 15) is 9.90 Å². The van der Waals surface area contributed by atoms with Gasteiger partial charge in [0, 0.05) is 52.8 Å². The van der Waals surface area contributed by atoms with Crippen molar-refractivity contribution < 1.29 is 14.6 Å². The molecule has 2 aliphatic rings. The predicted octanol–water partition coefficient (Wildman–Crippen LogP) is 3.05. The first-order valence-electron chi connectivity index (χ1n) is 8.33. The van der Waals surface area contributed by atoms with Gasteiger partial charge in [-0.2, -0.15) is 0 Å². The van der Waals surface area contributed by atoms with Crippen molar-refractivity contribution in [3.8, 4) is 0 Å². The molecule has 1 aromatic carbocycles. The molecule has 2 fully saturated rings. The molecule has 0 bridgehead atoms. The molecular formula is C16H19N7O3. The average molecular weight is 357 g/mol. The molecule has 10 nitrogen and oxygen atoms in total. The average Bonchev–Trinajstić information content (AvgIpc) is 2.96. The van der Waals surface area contributed by atoms with Crippen LogP contribution >= 0.6 is 0 Å². The number of β-amino-alcohol motifs (C(OH)–C–C–N with tert-alkyl or cyclic N) is 1. The molecule has 2 aliphatic heterocycles. The van der Waals surface area contributed by atoms with E-state index in [1.165, 1.54) is 6.07 Å². The monoisotopic (exact) mass is 357 g/mol. The molecule has 1 aromatic rings. The number of likely N-dealkylation sites (tertiary alicyclic amines) is 1. The number of carbonyl (C=O) groups is 1. The maximum absolute atomic E-state index is 12.9. The van der Waals surface area contributed by atoms with Gasteiger partial charge in [-0.25, -0.2) is 0 Å². The highest BCUT2D eigenvalue weighted by Crippen LogP contribution is 2.40. The minimum atomic E-state index is -0.585. The molecule has 0 aliphatic carbocycles. The first-order chi connectivity index (χ1) is 12.6. The largest absolute Gasteiger partial charge is 0.391 e. The molecular weight excluding hydrogens is 338 g/mol. The summed E-state index contributed by atoms with van der Waals surface area (Å²) in [4.78, 5) is 20.0. The molecule has 0 saturated carbocycles. The molecule has 1 spiro atoms. The minimum absolute atomic E-state index is 0.0511. The molecule has 1 N–H and O–H groups in total. The van der Waals surface area contributed by atoms with Gasteiger partial charge >= 0.3 is 0 Å². The molecule has 1 atom stereocenters. The van der Waals surface area contributed by atoms with Crippen LogP contribution in [-0.4, -0.2) is 48.3 Å². The van der Waals surface area contributed by atoms with Gasteiger partial charge in [-0.15, -0.1) is 0 Å². The highest BCUT2D eigenvalue weighted by molar-refractivity contribution is 5.95. The SMILES string of the molecule is [N-]=[N+]=NCc1cc(N=[N+]=[N-])cc(C(=O)N2CC(O)C3(CCOCC3)C2)c1. The molecule has 136 valence electrons. The van der Waals surface area contributed by atoms with Crippen LogP contribution in [0.15, 0.2) is 28.4 Å². The summed E-state index contributed by atoms with van der Waals surface area (Å²) in [6, 6.07) is 4.70. The molecule has 2 saturated heterocycles. The summed E-state index contributed by atoms with van der Waals surface area (Å²) in [5.74, 6) is -0.246. The second-order valence-corrected chi connectivity index (χ2v) is 6.64. The van der Waals surface area contributed by atoms with Gasteiger partial charge in [0.05, 0.1) is 12.6 Å².